The predicted octanol–water partition coefficient (Wildman–Crippen LogP) is 3.11. The molecule has 5 heterocycles. The lowest BCUT2D eigenvalue weighted by Gasteiger charge is -2.37. The molecule has 2 unspecified atom stereocenters. The highest BCUT2D eigenvalue weighted by Gasteiger charge is 2.31. The standard InChI is InChI=1S/C20H19N7/c1-13-5-7-26(18-3-2-14(8-21)9-23-18)12-16(13)20-25-11-15-10-24-19-17(27(15)20)4-6-22-19/h2-4,6,9-11,13,16,22H,5,7,12H2,1H3. The monoisotopic (exact) mass is 357 g/mol. The molecule has 7 nitrogen and oxygen atoms in total. The molecule has 2 atom stereocenters. The van der Waals surface area contributed by atoms with Crippen LogP contribution in [0.15, 0.2) is 43.0 Å². The molecule has 0 bridgehead atoms. The molecule has 4 aromatic heterocycles. The summed E-state index contributed by atoms with van der Waals surface area (Å²) in [4.78, 5) is 19.2. The molecule has 1 saturated heterocycles. The molecule has 0 saturated carbocycles. The van der Waals surface area contributed by atoms with Crippen LogP contribution in [0.25, 0.3) is 16.7 Å². The van der Waals surface area contributed by atoms with Gasteiger partial charge in [0.15, 0.2) is 5.65 Å². The van der Waals surface area contributed by atoms with Gasteiger partial charge in [0, 0.05) is 31.4 Å². The number of hydrogen-bond acceptors (Lipinski definition) is 5. The Labute approximate surface area is 156 Å². The van der Waals surface area contributed by atoms with Gasteiger partial charge >= 0.3 is 0 Å². The Hall–Kier alpha value is -3.40. The summed E-state index contributed by atoms with van der Waals surface area (Å²) in [5, 5.41) is 8.99. The van der Waals surface area contributed by atoms with Gasteiger partial charge in [0.2, 0.25) is 0 Å². The minimum absolute atomic E-state index is 0.291. The Morgan fingerprint density at radius 3 is 2.85 bits per heavy atom. The summed E-state index contributed by atoms with van der Waals surface area (Å²) in [6, 6.07) is 7.94. The maximum atomic E-state index is 8.99. The number of nitrogens with one attached hydrogen (secondary N) is 1. The van der Waals surface area contributed by atoms with E-state index in [1.807, 2.05) is 36.8 Å². The lowest BCUT2D eigenvalue weighted by molar-refractivity contribution is 0.366. The van der Waals surface area contributed by atoms with Gasteiger partial charge in [-0.3, -0.25) is 4.40 Å². The van der Waals surface area contributed by atoms with Crippen LogP contribution in [0, 0.1) is 17.2 Å². The van der Waals surface area contributed by atoms with E-state index in [0.29, 0.717) is 17.4 Å². The minimum Gasteiger partial charge on any atom is -0.356 e. The first kappa shape index (κ1) is 15.8. The third-order valence-corrected chi connectivity index (χ3v) is 5.58. The number of nitriles is 1. The zero-order chi connectivity index (χ0) is 18.4. The third kappa shape index (κ3) is 2.53. The predicted molar refractivity (Wildman–Crippen MR) is 103 cm³/mol. The highest BCUT2D eigenvalue weighted by molar-refractivity contribution is 5.75. The van der Waals surface area contributed by atoms with E-state index in [0.717, 1.165) is 47.8 Å². The van der Waals surface area contributed by atoms with Gasteiger partial charge < -0.3 is 9.88 Å². The van der Waals surface area contributed by atoms with E-state index in [1.54, 1.807) is 6.20 Å². The Bertz CT molecular complexity index is 1150. The number of aromatic nitrogens is 5. The summed E-state index contributed by atoms with van der Waals surface area (Å²) in [5.41, 5.74) is 3.52. The average molecular weight is 357 g/mol. The number of imidazole rings is 1. The topological polar surface area (TPSA) is 85.9 Å². The van der Waals surface area contributed by atoms with Crippen molar-refractivity contribution in [2.24, 2.45) is 5.92 Å². The molecule has 1 fully saturated rings. The zero-order valence-electron chi connectivity index (χ0n) is 15.0. The SMILES string of the molecule is CC1CCN(c2ccc(C#N)cn2)CC1c1ncc2cnc3[nH]ccc3n12. The number of aromatic amines is 1. The van der Waals surface area contributed by atoms with Crippen LogP contribution in [0.4, 0.5) is 5.82 Å². The molecule has 5 rings (SSSR count). The Morgan fingerprint density at radius 2 is 2.04 bits per heavy atom. The highest BCUT2D eigenvalue weighted by atomic mass is 15.2. The summed E-state index contributed by atoms with van der Waals surface area (Å²) in [5.74, 6) is 2.80. The van der Waals surface area contributed by atoms with Gasteiger partial charge in [-0.15, -0.1) is 0 Å². The second kappa shape index (κ2) is 6.09. The van der Waals surface area contributed by atoms with Crippen molar-refractivity contribution in [3.63, 3.8) is 0 Å². The largest absolute Gasteiger partial charge is 0.356 e. The summed E-state index contributed by atoms with van der Waals surface area (Å²) < 4.78 is 2.22. The van der Waals surface area contributed by atoms with Gasteiger partial charge in [0.1, 0.15) is 17.7 Å². The van der Waals surface area contributed by atoms with Gasteiger partial charge in [-0.1, -0.05) is 6.92 Å². The Morgan fingerprint density at radius 1 is 1.15 bits per heavy atom. The summed E-state index contributed by atoms with van der Waals surface area (Å²) in [6.45, 7) is 4.11. The van der Waals surface area contributed by atoms with Crippen LogP contribution in [0.3, 0.4) is 0 Å². The molecular formula is C20H19N7. The van der Waals surface area contributed by atoms with E-state index in [4.69, 9.17) is 10.2 Å². The van der Waals surface area contributed by atoms with Crippen molar-refractivity contribution in [1.29, 1.82) is 5.26 Å². The molecule has 0 radical (unpaired) electrons. The maximum absolute atomic E-state index is 8.99. The number of hydrogen-bond donors (Lipinski definition) is 1. The first-order valence-corrected chi connectivity index (χ1v) is 9.15. The molecule has 1 aliphatic rings. The van der Waals surface area contributed by atoms with Crippen molar-refractivity contribution in [3.8, 4) is 6.07 Å². The first-order valence-electron chi connectivity index (χ1n) is 9.15. The van der Waals surface area contributed by atoms with Crippen molar-refractivity contribution in [3.05, 3.63) is 54.4 Å². The van der Waals surface area contributed by atoms with Gasteiger partial charge in [-0.2, -0.15) is 5.26 Å². The van der Waals surface area contributed by atoms with E-state index < -0.39 is 0 Å². The van der Waals surface area contributed by atoms with Crippen LogP contribution in [0.2, 0.25) is 0 Å². The zero-order valence-corrected chi connectivity index (χ0v) is 15.0. The number of fused-ring (bicyclic) bond motifs is 3. The molecular weight excluding hydrogens is 338 g/mol. The number of rotatable bonds is 2. The van der Waals surface area contributed by atoms with Gasteiger partial charge in [0.05, 0.1) is 29.0 Å². The van der Waals surface area contributed by atoms with Crippen molar-refractivity contribution >= 4 is 22.5 Å². The number of H-pyrrole nitrogens is 1. The molecule has 0 aliphatic carbocycles. The molecule has 0 spiro atoms. The van der Waals surface area contributed by atoms with Crippen LogP contribution in [-0.4, -0.2) is 37.4 Å². The van der Waals surface area contributed by atoms with E-state index >= 15 is 0 Å². The fourth-order valence-electron chi connectivity index (χ4n) is 4.01. The maximum Gasteiger partial charge on any atom is 0.154 e. The fraction of sp³-hybridized carbons (Fsp3) is 0.300. The lowest BCUT2D eigenvalue weighted by atomic mass is 9.86. The van der Waals surface area contributed by atoms with E-state index in [9.17, 15) is 0 Å². The lowest BCUT2D eigenvalue weighted by Crippen LogP contribution is -2.39. The quantitative estimate of drug-likeness (QED) is 0.596. The van der Waals surface area contributed by atoms with Gasteiger partial charge in [0.25, 0.3) is 0 Å². The number of pyridine rings is 1. The van der Waals surface area contributed by atoms with Crippen LogP contribution in [0.1, 0.15) is 30.7 Å². The van der Waals surface area contributed by atoms with Crippen molar-refractivity contribution in [2.45, 2.75) is 19.3 Å². The van der Waals surface area contributed by atoms with Crippen LogP contribution < -0.4 is 4.90 Å². The molecule has 134 valence electrons. The summed E-state index contributed by atoms with van der Waals surface area (Å²) in [7, 11) is 0. The van der Waals surface area contributed by atoms with E-state index in [1.165, 1.54) is 0 Å². The number of nitrogens with zero attached hydrogens (tertiary/aromatic N) is 6. The van der Waals surface area contributed by atoms with Crippen LogP contribution in [-0.2, 0) is 0 Å². The molecule has 1 aliphatic heterocycles. The fourth-order valence-corrected chi connectivity index (χ4v) is 4.01. The summed E-state index contributed by atoms with van der Waals surface area (Å²) >= 11 is 0. The molecule has 1 N–H and O–H groups in total. The minimum atomic E-state index is 0.291. The normalized spacial score (nSPS) is 20.2. The van der Waals surface area contributed by atoms with Crippen LogP contribution in [0.5, 0.6) is 0 Å². The molecule has 0 aromatic carbocycles. The van der Waals surface area contributed by atoms with Crippen molar-refractivity contribution in [1.82, 2.24) is 24.3 Å². The van der Waals surface area contributed by atoms with Gasteiger partial charge in [-0.25, -0.2) is 15.0 Å². The molecule has 4 aromatic rings. The average Bonchev–Trinajstić information content (AvgIpc) is 3.35. The van der Waals surface area contributed by atoms with Gasteiger partial charge in [-0.05, 0) is 30.5 Å². The molecule has 7 heteroatoms. The first-order chi connectivity index (χ1) is 13.2. The van der Waals surface area contributed by atoms with Crippen molar-refractivity contribution < 1.29 is 0 Å². The van der Waals surface area contributed by atoms with Crippen molar-refractivity contribution in [2.75, 3.05) is 18.0 Å². The third-order valence-electron chi connectivity index (χ3n) is 5.58. The summed E-state index contributed by atoms with van der Waals surface area (Å²) in [6.07, 6.45) is 8.40. The Kier molecular flexibility index (Phi) is 3.57. The Balaban J connectivity index is 1.54. The number of anilines is 1. The molecule has 27 heavy (non-hydrogen) atoms. The highest BCUT2D eigenvalue weighted by Crippen LogP contribution is 2.34. The second-order valence-corrected chi connectivity index (χ2v) is 7.18. The number of piperidine rings is 1. The van der Waals surface area contributed by atoms with E-state index in [-0.39, 0.29) is 0 Å². The smallest absolute Gasteiger partial charge is 0.154 e. The molecule has 0 amide bonds. The van der Waals surface area contributed by atoms with Crippen LogP contribution >= 0.6 is 0 Å². The van der Waals surface area contributed by atoms with E-state index in [2.05, 4.69) is 37.2 Å². The second-order valence-electron chi connectivity index (χ2n) is 7.18.